The van der Waals surface area contributed by atoms with E-state index in [4.69, 9.17) is 5.11 Å². The fourth-order valence-corrected chi connectivity index (χ4v) is 1.53. The van der Waals surface area contributed by atoms with Crippen LogP contribution in [0.5, 0.6) is 0 Å². The lowest BCUT2D eigenvalue weighted by atomic mass is 9.91. The summed E-state index contributed by atoms with van der Waals surface area (Å²) in [4.78, 5) is 22.1. The third-order valence-electron chi connectivity index (χ3n) is 2.58. The monoisotopic (exact) mass is 330 g/mol. The highest BCUT2D eigenvalue weighted by molar-refractivity contribution is 5.63. The van der Waals surface area contributed by atoms with E-state index in [1.54, 1.807) is 0 Å². The molecular weight excluding hydrogens is 326 g/mol. The largest absolute Gasteiger partial charge is 0.430 e. The van der Waals surface area contributed by atoms with E-state index in [-0.39, 0.29) is 12.1 Å². The van der Waals surface area contributed by atoms with Crippen LogP contribution in [0.4, 0.5) is 37.7 Å². The zero-order valence-electron chi connectivity index (χ0n) is 10.1. The molecule has 22 heavy (non-hydrogen) atoms. The minimum Gasteiger partial charge on any atom is -0.369 e. The third kappa shape index (κ3) is 2.78. The number of hydrogen-bond donors (Lipinski definition) is 1. The quantitative estimate of drug-likeness (QED) is 0.303. The molecule has 0 atom stereocenters. The van der Waals surface area contributed by atoms with Gasteiger partial charge < -0.3 is 5.11 Å². The summed E-state index contributed by atoms with van der Waals surface area (Å²) in [5.74, 6) is 0. The van der Waals surface area contributed by atoms with Gasteiger partial charge >= 0.3 is 12.4 Å². The summed E-state index contributed by atoms with van der Waals surface area (Å²) in [5, 5.41) is 19.7. The minimum atomic E-state index is -6.19. The van der Waals surface area contributed by atoms with Crippen LogP contribution < -0.4 is 0 Å². The van der Waals surface area contributed by atoms with Crippen LogP contribution in [-0.2, 0) is 10.4 Å². The first-order chi connectivity index (χ1) is 9.86. The molecule has 0 radical (unpaired) electrons. The summed E-state index contributed by atoms with van der Waals surface area (Å²) < 4.78 is 75.9. The fourth-order valence-electron chi connectivity index (χ4n) is 1.53. The smallest absolute Gasteiger partial charge is 0.369 e. The van der Waals surface area contributed by atoms with Gasteiger partial charge in [-0.15, -0.1) is 0 Å². The van der Waals surface area contributed by atoms with E-state index >= 15 is 0 Å². The molecule has 0 fully saturated rings. The zero-order chi connectivity index (χ0) is 17.3. The second-order valence-electron chi connectivity index (χ2n) is 3.87. The first-order valence-electron chi connectivity index (χ1n) is 5.09. The van der Waals surface area contributed by atoms with Gasteiger partial charge in [-0.25, -0.2) is 4.79 Å². The van der Waals surface area contributed by atoms with Crippen LogP contribution in [0.15, 0.2) is 23.2 Å². The number of nitrogens with zero attached hydrogens (tertiary/aromatic N) is 2. The molecule has 0 heterocycles. The van der Waals surface area contributed by atoms with Gasteiger partial charge in [-0.2, -0.15) is 31.3 Å². The molecule has 0 unspecified atom stereocenters. The number of benzene rings is 1. The molecule has 1 N–H and O–H groups in total. The van der Waals surface area contributed by atoms with E-state index in [0.717, 1.165) is 6.08 Å². The summed E-state index contributed by atoms with van der Waals surface area (Å²) in [6.45, 7) is 0. The van der Waals surface area contributed by atoms with E-state index < -0.39 is 39.8 Å². The average Bonchev–Trinajstić information content (AvgIpc) is 2.35. The number of halogens is 6. The molecule has 0 aliphatic carbocycles. The van der Waals surface area contributed by atoms with E-state index in [2.05, 4.69) is 4.99 Å². The Morgan fingerprint density at radius 3 is 2.00 bits per heavy atom. The van der Waals surface area contributed by atoms with Crippen molar-refractivity contribution in [3.63, 3.8) is 0 Å². The number of carbonyl (C=O) groups excluding carboxylic acids is 1. The lowest BCUT2D eigenvalue weighted by Crippen LogP contribution is -2.53. The Morgan fingerprint density at radius 1 is 1.14 bits per heavy atom. The zero-order valence-corrected chi connectivity index (χ0v) is 10.1. The van der Waals surface area contributed by atoms with Crippen molar-refractivity contribution in [3.05, 3.63) is 33.9 Å². The molecule has 12 heteroatoms. The highest BCUT2D eigenvalue weighted by atomic mass is 19.4. The van der Waals surface area contributed by atoms with E-state index in [1.165, 1.54) is 0 Å². The number of isocyanates is 1. The lowest BCUT2D eigenvalue weighted by Gasteiger charge is -2.32. The molecule has 0 aromatic heterocycles. The van der Waals surface area contributed by atoms with Gasteiger partial charge in [0.2, 0.25) is 6.08 Å². The number of nitro groups is 1. The molecule has 0 aliphatic heterocycles. The standard InChI is InChI=1S/C10H4F6N2O4/c11-9(12,13)8(20,10(14,15)16)5-1-2-6(17-4-19)7(3-5)18(21)22/h1-3,20H. The van der Waals surface area contributed by atoms with Crippen molar-refractivity contribution in [1.29, 1.82) is 0 Å². The molecule has 1 rings (SSSR count). The summed E-state index contributed by atoms with van der Waals surface area (Å²) in [5.41, 5.74) is -9.28. The molecule has 0 bridgehead atoms. The number of nitro benzene ring substituents is 1. The Hall–Kier alpha value is -2.46. The maximum absolute atomic E-state index is 12.6. The molecule has 1 aromatic carbocycles. The van der Waals surface area contributed by atoms with Gasteiger partial charge in [0.05, 0.1) is 4.92 Å². The van der Waals surface area contributed by atoms with Crippen molar-refractivity contribution >= 4 is 17.5 Å². The highest BCUT2D eigenvalue weighted by Gasteiger charge is 2.71. The highest BCUT2D eigenvalue weighted by Crippen LogP contribution is 2.51. The topological polar surface area (TPSA) is 92.8 Å². The van der Waals surface area contributed by atoms with Gasteiger partial charge in [0.1, 0.15) is 0 Å². The van der Waals surface area contributed by atoms with Crippen molar-refractivity contribution in [1.82, 2.24) is 0 Å². The van der Waals surface area contributed by atoms with Crippen LogP contribution in [0.2, 0.25) is 0 Å². The van der Waals surface area contributed by atoms with Gasteiger partial charge in [0.25, 0.3) is 11.3 Å². The average molecular weight is 330 g/mol. The van der Waals surface area contributed by atoms with Crippen LogP contribution in [0, 0.1) is 10.1 Å². The predicted molar refractivity (Wildman–Crippen MR) is 56.9 cm³/mol. The Kier molecular flexibility index (Phi) is 4.31. The van der Waals surface area contributed by atoms with E-state index in [1.807, 2.05) is 0 Å². The van der Waals surface area contributed by atoms with Crippen LogP contribution in [0.3, 0.4) is 0 Å². The molecule has 0 spiro atoms. The van der Waals surface area contributed by atoms with Gasteiger partial charge in [0.15, 0.2) is 5.69 Å². The molecule has 6 nitrogen and oxygen atoms in total. The predicted octanol–water partition coefficient (Wildman–Crippen LogP) is 2.87. The molecule has 120 valence electrons. The fraction of sp³-hybridized carbons (Fsp3) is 0.300. The van der Waals surface area contributed by atoms with Gasteiger partial charge in [-0.05, 0) is 6.07 Å². The van der Waals surface area contributed by atoms with Crippen LogP contribution in [-0.4, -0.2) is 28.5 Å². The van der Waals surface area contributed by atoms with E-state index in [9.17, 15) is 41.3 Å². The van der Waals surface area contributed by atoms with Gasteiger partial charge in [0, 0.05) is 11.6 Å². The third-order valence-corrected chi connectivity index (χ3v) is 2.58. The maximum Gasteiger partial charge on any atom is 0.430 e. The van der Waals surface area contributed by atoms with Crippen LogP contribution >= 0.6 is 0 Å². The Labute approximate surface area is 116 Å². The summed E-state index contributed by atoms with van der Waals surface area (Å²) in [7, 11) is 0. The molecular formula is C10H4F6N2O4. The molecule has 0 saturated heterocycles. The Bertz CT molecular complexity index is 634. The van der Waals surface area contributed by atoms with Crippen molar-refractivity contribution in [2.45, 2.75) is 18.0 Å². The molecule has 1 aromatic rings. The second-order valence-corrected chi connectivity index (χ2v) is 3.87. The van der Waals surface area contributed by atoms with E-state index in [0.29, 0.717) is 6.07 Å². The lowest BCUT2D eigenvalue weighted by molar-refractivity contribution is -0.386. The maximum atomic E-state index is 12.6. The first-order valence-corrected chi connectivity index (χ1v) is 5.09. The summed E-state index contributed by atoms with van der Waals surface area (Å²) in [6, 6.07) is 0.335. The normalized spacial score (nSPS) is 12.7. The first kappa shape index (κ1) is 17.6. The molecule has 0 amide bonds. The van der Waals surface area contributed by atoms with Gasteiger partial charge in [-0.1, -0.05) is 6.07 Å². The molecule has 0 saturated carbocycles. The number of alkyl halides is 6. The molecule has 0 aliphatic rings. The summed E-state index contributed by atoms with van der Waals surface area (Å²) in [6.07, 6.45) is -11.5. The van der Waals surface area contributed by atoms with Gasteiger partial charge in [-0.3, -0.25) is 10.1 Å². The summed E-state index contributed by atoms with van der Waals surface area (Å²) >= 11 is 0. The second kappa shape index (κ2) is 5.39. The number of rotatable bonds is 3. The Morgan fingerprint density at radius 2 is 1.64 bits per heavy atom. The van der Waals surface area contributed by atoms with Crippen molar-refractivity contribution in [2.24, 2.45) is 4.99 Å². The van der Waals surface area contributed by atoms with Crippen LogP contribution in [0.25, 0.3) is 0 Å². The minimum absolute atomic E-state index is 0.129. The van der Waals surface area contributed by atoms with Crippen molar-refractivity contribution in [3.8, 4) is 0 Å². The van der Waals surface area contributed by atoms with Crippen molar-refractivity contribution < 1.29 is 41.2 Å². The Balaban J connectivity index is 3.70. The number of hydrogen-bond acceptors (Lipinski definition) is 5. The number of aliphatic imine (C=N–C) groups is 1. The number of aliphatic hydroxyl groups is 1. The van der Waals surface area contributed by atoms with Crippen molar-refractivity contribution in [2.75, 3.05) is 0 Å². The van der Waals surface area contributed by atoms with Crippen LogP contribution in [0.1, 0.15) is 5.56 Å². The SMILES string of the molecule is O=C=Nc1ccc(C(O)(C(F)(F)F)C(F)(F)F)cc1[N+](=O)[O-].